The van der Waals surface area contributed by atoms with Crippen LogP contribution in [0.5, 0.6) is 0 Å². The van der Waals surface area contributed by atoms with E-state index in [9.17, 15) is 0 Å². The maximum absolute atomic E-state index is 9.01. The summed E-state index contributed by atoms with van der Waals surface area (Å²) in [5.74, 6) is 1.48. The summed E-state index contributed by atoms with van der Waals surface area (Å²) in [7, 11) is 0. The van der Waals surface area contributed by atoms with Gasteiger partial charge in [0.2, 0.25) is 0 Å². The molecule has 29 heavy (non-hydrogen) atoms. The minimum atomic E-state index is 0.558. The fraction of sp³-hybridized carbons (Fsp3) is 0.0870. The van der Waals surface area contributed by atoms with Crippen LogP contribution in [-0.2, 0) is 12.3 Å². The molecule has 0 saturated carbocycles. The molecular formula is C23H17ClN4S. The van der Waals surface area contributed by atoms with Gasteiger partial charge in [0.05, 0.1) is 18.2 Å². The zero-order valence-corrected chi connectivity index (χ0v) is 17.1. The van der Waals surface area contributed by atoms with Crippen LogP contribution in [0.25, 0.3) is 11.4 Å². The largest absolute Gasteiger partial charge is 0.298 e. The number of nitrogens with zero attached hydrogens (tertiary/aromatic N) is 4. The number of aromatic nitrogens is 3. The van der Waals surface area contributed by atoms with Crippen LogP contribution in [0.4, 0.5) is 0 Å². The van der Waals surface area contributed by atoms with E-state index in [0.29, 0.717) is 22.9 Å². The fourth-order valence-electron chi connectivity index (χ4n) is 2.98. The van der Waals surface area contributed by atoms with Gasteiger partial charge in [0.1, 0.15) is 0 Å². The van der Waals surface area contributed by atoms with Crippen molar-refractivity contribution in [1.82, 2.24) is 14.8 Å². The molecule has 142 valence electrons. The van der Waals surface area contributed by atoms with E-state index in [1.54, 1.807) is 23.9 Å². The molecule has 4 aromatic rings. The third-order valence-corrected chi connectivity index (χ3v) is 5.84. The SMILES string of the molecule is N#Cc1ccc(CSc2nnc(-c3ccccc3)n2Cc2ccccc2)c(Cl)c1. The van der Waals surface area contributed by atoms with Crippen LogP contribution >= 0.6 is 23.4 Å². The van der Waals surface area contributed by atoms with Gasteiger partial charge in [-0.1, -0.05) is 90.1 Å². The summed E-state index contributed by atoms with van der Waals surface area (Å²) in [6, 6.07) is 27.8. The molecule has 0 saturated heterocycles. The third-order valence-electron chi connectivity index (χ3n) is 4.47. The van der Waals surface area contributed by atoms with Crippen molar-refractivity contribution in [3.63, 3.8) is 0 Å². The third kappa shape index (κ3) is 4.51. The van der Waals surface area contributed by atoms with Gasteiger partial charge >= 0.3 is 0 Å². The molecule has 4 rings (SSSR count). The van der Waals surface area contributed by atoms with Crippen LogP contribution in [0.15, 0.2) is 84.0 Å². The Morgan fingerprint density at radius 3 is 2.34 bits per heavy atom. The minimum Gasteiger partial charge on any atom is -0.298 e. The quantitative estimate of drug-likeness (QED) is 0.372. The van der Waals surface area contributed by atoms with Gasteiger partial charge in [0.25, 0.3) is 0 Å². The molecule has 0 fully saturated rings. The highest BCUT2D eigenvalue weighted by atomic mass is 35.5. The first-order chi connectivity index (χ1) is 14.2. The molecule has 0 unspecified atom stereocenters. The monoisotopic (exact) mass is 416 g/mol. The van der Waals surface area contributed by atoms with Crippen molar-refractivity contribution in [3.05, 3.63) is 101 Å². The second-order valence-corrected chi connectivity index (χ2v) is 7.80. The predicted molar refractivity (Wildman–Crippen MR) is 117 cm³/mol. The van der Waals surface area contributed by atoms with E-state index >= 15 is 0 Å². The van der Waals surface area contributed by atoms with Crippen molar-refractivity contribution in [1.29, 1.82) is 5.26 Å². The molecule has 0 atom stereocenters. The van der Waals surface area contributed by atoms with E-state index in [2.05, 4.69) is 33.0 Å². The molecule has 0 radical (unpaired) electrons. The van der Waals surface area contributed by atoms with Crippen molar-refractivity contribution in [2.45, 2.75) is 17.5 Å². The Balaban J connectivity index is 1.64. The Labute approximate surface area is 178 Å². The zero-order valence-electron chi connectivity index (χ0n) is 15.5. The molecule has 0 amide bonds. The number of hydrogen-bond donors (Lipinski definition) is 0. The molecule has 1 heterocycles. The van der Waals surface area contributed by atoms with Crippen molar-refractivity contribution < 1.29 is 0 Å². The molecular weight excluding hydrogens is 400 g/mol. The summed E-state index contributed by atoms with van der Waals surface area (Å²) in [5.41, 5.74) is 3.73. The van der Waals surface area contributed by atoms with Crippen LogP contribution < -0.4 is 0 Å². The Kier molecular flexibility index (Phi) is 5.95. The number of rotatable bonds is 6. The molecule has 3 aromatic carbocycles. The van der Waals surface area contributed by atoms with Gasteiger partial charge in [0.15, 0.2) is 11.0 Å². The number of nitriles is 1. The summed E-state index contributed by atoms with van der Waals surface area (Å²) in [5, 5.41) is 19.3. The maximum Gasteiger partial charge on any atom is 0.192 e. The van der Waals surface area contributed by atoms with Crippen LogP contribution in [0.3, 0.4) is 0 Å². The van der Waals surface area contributed by atoms with E-state index in [1.807, 2.05) is 54.6 Å². The Morgan fingerprint density at radius 2 is 1.66 bits per heavy atom. The summed E-state index contributed by atoms with van der Waals surface area (Å²) >= 11 is 7.92. The lowest BCUT2D eigenvalue weighted by atomic mass is 10.2. The van der Waals surface area contributed by atoms with Gasteiger partial charge in [-0.3, -0.25) is 4.57 Å². The van der Waals surface area contributed by atoms with Crippen molar-refractivity contribution in [2.24, 2.45) is 0 Å². The number of hydrogen-bond acceptors (Lipinski definition) is 4. The van der Waals surface area contributed by atoms with Crippen LogP contribution in [0.2, 0.25) is 5.02 Å². The molecule has 6 heteroatoms. The normalized spacial score (nSPS) is 10.6. The Bertz CT molecular complexity index is 1150. The zero-order chi connectivity index (χ0) is 20.1. The molecule has 0 aliphatic heterocycles. The first kappa shape index (κ1) is 19.3. The highest BCUT2D eigenvalue weighted by Gasteiger charge is 2.15. The van der Waals surface area contributed by atoms with Crippen LogP contribution in [0, 0.1) is 11.3 Å². The number of thioether (sulfide) groups is 1. The van der Waals surface area contributed by atoms with Crippen molar-refractivity contribution in [3.8, 4) is 17.5 Å². The highest BCUT2D eigenvalue weighted by molar-refractivity contribution is 7.98. The summed E-state index contributed by atoms with van der Waals surface area (Å²) < 4.78 is 2.13. The summed E-state index contributed by atoms with van der Waals surface area (Å²) in [4.78, 5) is 0. The first-order valence-electron chi connectivity index (χ1n) is 9.08. The topological polar surface area (TPSA) is 54.5 Å². The molecule has 0 aliphatic carbocycles. The summed E-state index contributed by atoms with van der Waals surface area (Å²) in [6.07, 6.45) is 0. The first-order valence-corrected chi connectivity index (χ1v) is 10.4. The molecule has 0 bridgehead atoms. The van der Waals surface area contributed by atoms with Crippen LogP contribution in [-0.4, -0.2) is 14.8 Å². The lowest BCUT2D eigenvalue weighted by molar-refractivity contribution is 0.714. The number of benzene rings is 3. The van der Waals surface area contributed by atoms with Gasteiger partial charge in [-0.15, -0.1) is 10.2 Å². The van der Waals surface area contributed by atoms with Gasteiger partial charge in [0, 0.05) is 16.3 Å². The van der Waals surface area contributed by atoms with Gasteiger partial charge in [-0.05, 0) is 23.3 Å². The van der Waals surface area contributed by atoms with E-state index in [4.69, 9.17) is 16.9 Å². The average molecular weight is 417 g/mol. The second kappa shape index (κ2) is 8.95. The lowest BCUT2D eigenvalue weighted by Gasteiger charge is -2.11. The van der Waals surface area contributed by atoms with Crippen molar-refractivity contribution >= 4 is 23.4 Å². The molecule has 0 aliphatic rings. The van der Waals surface area contributed by atoms with E-state index < -0.39 is 0 Å². The molecule has 4 nitrogen and oxygen atoms in total. The predicted octanol–water partition coefficient (Wildman–Crippen LogP) is 5.81. The van der Waals surface area contributed by atoms with Gasteiger partial charge < -0.3 is 0 Å². The van der Waals surface area contributed by atoms with Gasteiger partial charge in [-0.2, -0.15) is 5.26 Å². The van der Waals surface area contributed by atoms with E-state index in [0.717, 1.165) is 22.1 Å². The average Bonchev–Trinajstić information content (AvgIpc) is 3.16. The van der Waals surface area contributed by atoms with Crippen molar-refractivity contribution in [2.75, 3.05) is 0 Å². The molecule has 1 aromatic heterocycles. The van der Waals surface area contributed by atoms with E-state index in [1.165, 1.54) is 5.56 Å². The minimum absolute atomic E-state index is 0.558. The Morgan fingerprint density at radius 1 is 0.931 bits per heavy atom. The molecule has 0 N–H and O–H groups in total. The summed E-state index contributed by atoms with van der Waals surface area (Å²) in [6.45, 7) is 0.682. The van der Waals surface area contributed by atoms with E-state index in [-0.39, 0.29) is 0 Å². The molecule has 0 spiro atoms. The maximum atomic E-state index is 9.01. The number of halogens is 1. The second-order valence-electron chi connectivity index (χ2n) is 6.45. The smallest absolute Gasteiger partial charge is 0.192 e. The Hall–Kier alpha value is -3.07. The standard InChI is InChI=1S/C23H17ClN4S/c24-21-13-18(14-25)11-12-20(21)16-29-23-27-26-22(19-9-5-2-6-10-19)28(23)15-17-7-3-1-4-8-17/h1-13H,15-16H2. The highest BCUT2D eigenvalue weighted by Crippen LogP contribution is 2.29. The lowest BCUT2D eigenvalue weighted by Crippen LogP contribution is -2.04. The van der Waals surface area contributed by atoms with Gasteiger partial charge in [-0.25, -0.2) is 0 Å². The fourth-order valence-corrected chi connectivity index (χ4v) is 4.25. The van der Waals surface area contributed by atoms with Crippen LogP contribution in [0.1, 0.15) is 16.7 Å².